The van der Waals surface area contributed by atoms with Crippen molar-refractivity contribution in [1.82, 2.24) is 0 Å². The normalized spacial score (nSPS) is 13.4. The fourth-order valence-electron chi connectivity index (χ4n) is 11.2. The molecule has 0 amide bonds. The van der Waals surface area contributed by atoms with E-state index in [1.165, 1.54) is 116 Å². The summed E-state index contributed by atoms with van der Waals surface area (Å²) in [4.78, 5) is 2.60. The summed E-state index contributed by atoms with van der Waals surface area (Å²) in [6, 6.07) is 88.5. The minimum Gasteiger partial charge on any atom is -0.309 e. The number of para-hydroxylation sites is 2. The molecular weight excluding hydrogens is 759 g/mol. The molecule has 1 heteroatoms. The number of hydrogen-bond acceptors (Lipinski definition) is 1. The first kappa shape index (κ1) is 35.7. The lowest BCUT2D eigenvalue weighted by molar-refractivity contribution is 0.694. The lowest BCUT2D eigenvalue weighted by atomic mass is 9.57. The Kier molecular flexibility index (Phi) is 7.95. The molecule has 13 rings (SSSR count). The van der Waals surface area contributed by atoms with Crippen molar-refractivity contribution in [3.63, 3.8) is 0 Å². The first-order chi connectivity index (χ1) is 31.3. The molecule has 2 aliphatic rings. The van der Waals surface area contributed by atoms with Crippen molar-refractivity contribution in [2.24, 2.45) is 0 Å². The Bertz CT molecular complexity index is 3410. The number of hydrogen-bond donors (Lipinski definition) is 0. The summed E-state index contributed by atoms with van der Waals surface area (Å²) in [6.07, 6.45) is 0.871. The van der Waals surface area contributed by atoms with E-state index < -0.39 is 5.41 Å². The van der Waals surface area contributed by atoms with E-state index >= 15 is 0 Å². The number of benzene rings is 11. The van der Waals surface area contributed by atoms with Gasteiger partial charge in [0.15, 0.2) is 0 Å². The number of fused-ring (bicyclic) bond motifs is 11. The van der Waals surface area contributed by atoms with Crippen LogP contribution >= 0.6 is 0 Å². The molecular formula is C62H41N. The fraction of sp³-hybridized carbons (Fsp3) is 0.0323. The van der Waals surface area contributed by atoms with E-state index in [1.54, 1.807) is 0 Å². The van der Waals surface area contributed by atoms with E-state index in [1.807, 2.05) is 0 Å². The second-order valence-electron chi connectivity index (χ2n) is 17.1. The molecule has 0 bridgehead atoms. The maximum absolute atomic E-state index is 2.60. The molecule has 0 atom stereocenters. The fourth-order valence-corrected chi connectivity index (χ4v) is 11.2. The minimum absolute atomic E-state index is 0.612. The number of rotatable bonds is 4. The first-order valence-corrected chi connectivity index (χ1v) is 22.1. The molecule has 0 fully saturated rings. The topological polar surface area (TPSA) is 3.24 Å². The van der Waals surface area contributed by atoms with Gasteiger partial charge in [0.25, 0.3) is 0 Å². The maximum Gasteiger partial charge on any atom is 0.0748 e. The lowest BCUT2D eigenvalue weighted by Crippen LogP contribution is -2.41. The van der Waals surface area contributed by atoms with Gasteiger partial charge < -0.3 is 4.90 Å². The smallest absolute Gasteiger partial charge is 0.0748 e. The van der Waals surface area contributed by atoms with Crippen LogP contribution in [-0.4, -0.2) is 0 Å². The summed E-state index contributed by atoms with van der Waals surface area (Å²) < 4.78 is 0. The molecule has 11 aromatic carbocycles. The molecule has 0 unspecified atom stereocenters. The highest BCUT2D eigenvalue weighted by molar-refractivity contribution is 6.23. The standard InChI is InChI=1S/C62H41N/c1-3-17-41(18-4-1)45-32-34-47-38-48-35-33-46(42-19-5-2-6-20-42)40-57(48)62(56(47)39-45)54-27-13-15-29-58(54)63(59-30-16-14-28-55(59)62)61-52-25-11-9-23-50(52)60(51-24-10-12-26-53(51)61)49-36-31-43-21-7-8-22-44(43)37-49/h1-37,39-40H,38H2. The Morgan fingerprint density at radius 1 is 0.302 bits per heavy atom. The quantitative estimate of drug-likeness (QED) is 0.160. The molecule has 0 radical (unpaired) electrons. The van der Waals surface area contributed by atoms with E-state index in [4.69, 9.17) is 0 Å². The largest absolute Gasteiger partial charge is 0.309 e. The Balaban J connectivity index is 1.14. The third kappa shape index (κ3) is 5.30. The summed E-state index contributed by atoms with van der Waals surface area (Å²) in [6.45, 7) is 0. The average Bonchev–Trinajstić information content (AvgIpc) is 3.36. The van der Waals surface area contributed by atoms with Gasteiger partial charge in [0.05, 0.1) is 22.5 Å². The molecule has 0 saturated carbocycles. The average molecular weight is 800 g/mol. The van der Waals surface area contributed by atoms with Gasteiger partial charge in [0.1, 0.15) is 0 Å². The molecule has 0 saturated heterocycles. The van der Waals surface area contributed by atoms with Crippen LogP contribution in [0.5, 0.6) is 0 Å². The van der Waals surface area contributed by atoms with E-state index in [0.717, 1.165) is 6.42 Å². The van der Waals surface area contributed by atoms with E-state index in [0.29, 0.717) is 0 Å². The Labute approximate surface area is 367 Å². The van der Waals surface area contributed by atoms with Gasteiger partial charge in [-0.1, -0.05) is 206 Å². The first-order valence-electron chi connectivity index (χ1n) is 22.1. The second kappa shape index (κ2) is 14.0. The van der Waals surface area contributed by atoms with Crippen LogP contribution in [0.3, 0.4) is 0 Å². The molecule has 11 aromatic rings. The Morgan fingerprint density at radius 3 is 1.30 bits per heavy atom. The molecule has 1 spiro atoms. The van der Waals surface area contributed by atoms with Crippen molar-refractivity contribution in [2.45, 2.75) is 11.8 Å². The zero-order valence-electron chi connectivity index (χ0n) is 34.7. The summed E-state index contributed by atoms with van der Waals surface area (Å²) >= 11 is 0. The summed E-state index contributed by atoms with van der Waals surface area (Å²) in [7, 11) is 0. The van der Waals surface area contributed by atoms with Crippen molar-refractivity contribution in [2.75, 3.05) is 4.90 Å². The van der Waals surface area contributed by atoms with Gasteiger partial charge in [-0.15, -0.1) is 0 Å². The van der Waals surface area contributed by atoms with Crippen LogP contribution in [0, 0.1) is 0 Å². The second-order valence-corrected chi connectivity index (χ2v) is 17.1. The molecule has 0 N–H and O–H groups in total. The molecule has 1 aliphatic carbocycles. The van der Waals surface area contributed by atoms with Crippen molar-refractivity contribution in [3.05, 3.63) is 270 Å². The molecule has 1 heterocycles. The van der Waals surface area contributed by atoms with Crippen LogP contribution in [0.1, 0.15) is 33.4 Å². The molecule has 63 heavy (non-hydrogen) atoms. The van der Waals surface area contributed by atoms with Crippen LogP contribution in [-0.2, 0) is 11.8 Å². The molecule has 1 aliphatic heterocycles. The van der Waals surface area contributed by atoms with Crippen LogP contribution in [0.15, 0.2) is 237 Å². The van der Waals surface area contributed by atoms with Gasteiger partial charge in [-0.2, -0.15) is 0 Å². The van der Waals surface area contributed by atoms with Gasteiger partial charge in [-0.05, 0) is 125 Å². The van der Waals surface area contributed by atoms with Crippen LogP contribution in [0.25, 0.3) is 65.7 Å². The monoisotopic (exact) mass is 799 g/mol. The molecule has 294 valence electrons. The maximum atomic E-state index is 2.60. The van der Waals surface area contributed by atoms with Crippen LogP contribution < -0.4 is 4.90 Å². The highest BCUT2D eigenvalue weighted by atomic mass is 15.2. The number of anilines is 3. The number of nitrogens with zero attached hydrogens (tertiary/aromatic N) is 1. The minimum atomic E-state index is -0.612. The van der Waals surface area contributed by atoms with Crippen molar-refractivity contribution in [1.29, 1.82) is 0 Å². The van der Waals surface area contributed by atoms with Gasteiger partial charge in [0.2, 0.25) is 0 Å². The van der Waals surface area contributed by atoms with Crippen LogP contribution in [0.2, 0.25) is 0 Å². The van der Waals surface area contributed by atoms with Crippen LogP contribution in [0.4, 0.5) is 17.1 Å². The third-order valence-corrected chi connectivity index (χ3v) is 13.9. The highest BCUT2D eigenvalue weighted by Crippen LogP contribution is 2.62. The lowest BCUT2D eigenvalue weighted by Gasteiger charge is -2.50. The highest BCUT2D eigenvalue weighted by Gasteiger charge is 2.50. The Hall–Kier alpha value is -8.00. The van der Waals surface area contributed by atoms with E-state index in [9.17, 15) is 0 Å². The third-order valence-electron chi connectivity index (χ3n) is 13.9. The van der Waals surface area contributed by atoms with Gasteiger partial charge >= 0.3 is 0 Å². The molecule has 1 nitrogen and oxygen atoms in total. The van der Waals surface area contributed by atoms with Gasteiger partial charge in [-0.3, -0.25) is 0 Å². The predicted molar refractivity (Wildman–Crippen MR) is 265 cm³/mol. The summed E-state index contributed by atoms with van der Waals surface area (Å²) in [5.41, 5.74) is 18.4. The van der Waals surface area contributed by atoms with Gasteiger partial charge in [-0.25, -0.2) is 0 Å². The zero-order valence-corrected chi connectivity index (χ0v) is 34.7. The summed E-state index contributed by atoms with van der Waals surface area (Å²) in [5, 5.41) is 7.43. The van der Waals surface area contributed by atoms with Crippen molar-refractivity contribution < 1.29 is 0 Å². The van der Waals surface area contributed by atoms with Crippen molar-refractivity contribution >= 4 is 49.4 Å². The zero-order chi connectivity index (χ0) is 41.5. The van der Waals surface area contributed by atoms with Gasteiger partial charge in [0, 0.05) is 10.8 Å². The van der Waals surface area contributed by atoms with E-state index in [2.05, 4.69) is 241 Å². The van der Waals surface area contributed by atoms with Crippen molar-refractivity contribution in [3.8, 4) is 33.4 Å². The Morgan fingerprint density at radius 2 is 0.746 bits per heavy atom. The van der Waals surface area contributed by atoms with E-state index in [-0.39, 0.29) is 0 Å². The molecule has 0 aromatic heterocycles. The SMILES string of the molecule is c1ccc(-c2ccc3c(c2)C2(c4cc(-c5ccccc5)ccc4C3)c3ccccc3N(c3c4ccccc4c(-c4ccc5ccccc5c4)c4ccccc34)c3ccccc32)cc1. The predicted octanol–water partition coefficient (Wildman–Crippen LogP) is 16.2. The summed E-state index contributed by atoms with van der Waals surface area (Å²) in [5.74, 6) is 0.